The van der Waals surface area contributed by atoms with Crippen LogP contribution in [0.5, 0.6) is 0 Å². The van der Waals surface area contributed by atoms with Gasteiger partial charge >= 0.3 is 5.97 Å². The SMILES string of the molecule is CC.CC.CNc1ccc(C(=O)OC)cc1. The Morgan fingerprint density at radius 1 is 1.06 bits per heavy atom. The maximum atomic E-state index is 11.0. The van der Waals surface area contributed by atoms with Crippen LogP contribution in [-0.2, 0) is 4.74 Å². The van der Waals surface area contributed by atoms with E-state index in [4.69, 9.17) is 0 Å². The summed E-state index contributed by atoms with van der Waals surface area (Å²) in [5.41, 5.74) is 1.54. The molecular formula is C13H23NO2. The zero-order chi connectivity index (χ0) is 13.0. The molecule has 1 N–H and O–H groups in total. The van der Waals surface area contributed by atoms with Gasteiger partial charge < -0.3 is 10.1 Å². The average Bonchev–Trinajstić information content (AvgIpc) is 2.42. The molecule has 0 spiro atoms. The molecule has 0 saturated heterocycles. The Morgan fingerprint density at radius 3 is 1.81 bits per heavy atom. The van der Waals surface area contributed by atoms with Crippen molar-refractivity contribution in [2.24, 2.45) is 0 Å². The van der Waals surface area contributed by atoms with E-state index in [1.165, 1.54) is 7.11 Å². The molecule has 92 valence electrons. The van der Waals surface area contributed by atoms with Gasteiger partial charge in [0, 0.05) is 12.7 Å². The number of rotatable bonds is 2. The van der Waals surface area contributed by atoms with E-state index in [9.17, 15) is 4.79 Å². The Morgan fingerprint density at radius 2 is 1.50 bits per heavy atom. The Labute approximate surface area is 98.8 Å². The van der Waals surface area contributed by atoms with Gasteiger partial charge in [0.05, 0.1) is 12.7 Å². The molecule has 3 heteroatoms. The molecule has 1 aromatic carbocycles. The van der Waals surface area contributed by atoms with Crippen LogP contribution >= 0.6 is 0 Å². The first-order valence-electron chi connectivity index (χ1n) is 5.64. The number of methoxy groups -OCH3 is 1. The van der Waals surface area contributed by atoms with E-state index in [-0.39, 0.29) is 5.97 Å². The number of carbonyl (C=O) groups excluding carboxylic acids is 1. The molecule has 0 aromatic heterocycles. The first-order valence-corrected chi connectivity index (χ1v) is 5.64. The Kier molecular flexibility index (Phi) is 12.2. The highest BCUT2D eigenvalue weighted by Crippen LogP contribution is 2.08. The van der Waals surface area contributed by atoms with Crippen molar-refractivity contribution in [2.45, 2.75) is 27.7 Å². The lowest BCUT2D eigenvalue weighted by atomic mass is 10.2. The number of carbonyl (C=O) groups is 1. The van der Waals surface area contributed by atoms with Crippen LogP contribution in [0.4, 0.5) is 5.69 Å². The fourth-order valence-corrected chi connectivity index (χ4v) is 0.891. The molecule has 0 bridgehead atoms. The minimum Gasteiger partial charge on any atom is -0.465 e. The van der Waals surface area contributed by atoms with Crippen molar-refractivity contribution in [2.75, 3.05) is 19.5 Å². The summed E-state index contributed by atoms with van der Waals surface area (Å²) in [4.78, 5) is 11.0. The quantitative estimate of drug-likeness (QED) is 0.782. The number of benzene rings is 1. The summed E-state index contributed by atoms with van der Waals surface area (Å²) >= 11 is 0. The van der Waals surface area contributed by atoms with Crippen LogP contribution in [0.2, 0.25) is 0 Å². The second-order valence-electron chi connectivity index (χ2n) is 2.32. The topological polar surface area (TPSA) is 38.3 Å². The van der Waals surface area contributed by atoms with E-state index in [1.54, 1.807) is 12.1 Å². The molecule has 0 aliphatic rings. The summed E-state index contributed by atoms with van der Waals surface area (Å²) in [6, 6.07) is 7.09. The molecule has 0 saturated carbocycles. The van der Waals surface area contributed by atoms with Crippen LogP contribution < -0.4 is 5.32 Å². The smallest absolute Gasteiger partial charge is 0.337 e. The van der Waals surface area contributed by atoms with Crippen LogP contribution in [0.15, 0.2) is 24.3 Å². The minimum absolute atomic E-state index is 0.308. The standard InChI is InChI=1S/C9H11NO2.2C2H6/c1-10-8-5-3-7(4-6-8)9(11)12-2;2*1-2/h3-6,10H,1-2H3;2*1-2H3. The maximum Gasteiger partial charge on any atom is 0.337 e. The lowest BCUT2D eigenvalue weighted by Crippen LogP contribution is -2.00. The van der Waals surface area contributed by atoms with E-state index < -0.39 is 0 Å². The van der Waals surface area contributed by atoms with E-state index in [2.05, 4.69) is 10.1 Å². The van der Waals surface area contributed by atoms with Crippen molar-refractivity contribution in [1.29, 1.82) is 0 Å². The van der Waals surface area contributed by atoms with Crippen molar-refractivity contribution in [3.63, 3.8) is 0 Å². The molecule has 0 fully saturated rings. The van der Waals surface area contributed by atoms with E-state index in [1.807, 2.05) is 46.9 Å². The normalized spacial score (nSPS) is 7.62. The van der Waals surface area contributed by atoms with Gasteiger partial charge in [0.15, 0.2) is 0 Å². The van der Waals surface area contributed by atoms with Gasteiger partial charge in [0.25, 0.3) is 0 Å². The third-order valence-electron chi connectivity index (χ3n) is 1.59. The second-order valence-corrected chi connectivity index (χ2v) is 2.32. The number of ether oxygens (including phenoxy) is 1. The third-order valence-corrected chi connectivity index (χ3v) is 1.59. The lowest BCUT2D eigenvalue weighted by molar-refractivity contribution is 0.0601. The second kappa shape index (κ2) is 11.6. The summed E-state index contributed by atoms with van der Waals surface area (Å²) in [7, 11) is 3.20. The third kappa shape index (κ3) is 6.06. The molecule has 1 rings (SSSR count). The summed E-state index contributed by atoms with van der Waals surface area (Å²) in [6.07, 6.45) is 0. The van der Waals surface area contributed by atoms with Crippen LogP contribution in [0.25, 0.3) is 0 Å². The predicted molar refractivity (Wildman–Crippen MR) is 70.0 cm³/mol. The van der Waals surface area contributed by atoms with E-state index in [0.717, 1.165) is 5.69 Å². The van der Waals surface area contributed by atoms with E-state index in [0.29, 0.717) is 5.56 Å². The first-order chi connectivity index (χ1) is 7.77. The largest absolute Gasteiger partial charge is 0.465 e. The van der Waals surface area contributed by atoms with Crippen LogP contribution in [0.1, 0.15) is 38.1 Å². The molecule has 0 atom stereocenters. The summed E-state index contributed by atoms with van der Waals surface area (Å²) in [6.45, 7) is 8.00. The number of anilines is 1. The van der Waals surface area contributed by atoms with Crippen molar-refractivity contribution in [1.82, 2.24) is 0 Å². The van der Waals surface area contributed by atoms with Crippen LogP contribution in [0.3, 0.4) is 0 Å². The molecule has 16 heavy (non-hydrogen) atoms. The number of esters is 1. The average molecular weight is 225 g/mol. The fourth-order valence-electron chi connectivity index (χ4n) is 0.891. The molecule has 0 heterocycles. The van der Waals surface area contributed by atoms with Gasteiger partial charge in [-0.3, -0.25) is 0 Å². The monoisotopic (exact) mass is 225 g/mol. The van der Waals surface area contributed by atoms with Crippen molar-refractivity contribution < 1.29 is 9.53 Å². The molecule has 1 aromatic rings. The van der Waals surface area contributed by atoms with Gasteiger partial charge in [-0.05, 0) is 24.3 Å². The molecular weight excluding hydrogens is 202 g/mol. The molecule has 0 aliphatic carbocycles. The summed E-state index contributed by atoms with van der Waals surface area (Å²) in [5.74, 6) is -0.308. The number of hydrogen-bond donors (Lipinski definition) is 1. The molecule has 0 amide bonds. The Bertz CT molecular complexity index is 268. The van der Waals surface area contributed by atoms with E-state index >= 15 is 0 Å². The van der Waals surface area contributed by atoms with Crippen LogP contribution in [-0.4, -0.2) is 20.1 Å². The molecule has 0 aliphatic heterocycles. The highest BCUT2D eigenvalue weighted by molar-refractivity contribution is 5.89. The first kappa shape index (κ1) is 16.9. The Hall–Kier alpha value is -1.51. The van der Waals surface area contributed by atoms with Crippen molar-refractivity contribution in [3.05, 3.63) is 29.8 Å². The van der Waals surface area contributed by atoms with Gasteiger partial charge in [-0.2, -0.15) is 0 Å². The van der Waals surface area contributed by atoms with Gasteiger partial charge in [-0.15, -0.1) is 0 Å². The number of nitrogens with one attached hydrogen (secondary N) is 1. The maximum absolute atomic E-state index is 11.0. The van der Waals surface area contributed by atoms with Gasteiger partial charge in [0.2, 0.25) is 0 Å². The highest BCUT2D eigenvalue weighted by Gasteiger charge is 2.02. The predicted octanol–water partition coefficient (Wildman–Crippen LogP) is 3.57. The van der Waals surface area contributed by atoms with Gasteiger partial charge in [-0.25, -0.2) is 4.79 Å². The summed E-state index contributed by atoms with van der Waals surface area (Å²) in [5, 5.41) is 2.96. The lowest BCUT2D eigenvalue weighted by Gasteiger charge is -2.01. The minimum atomic E-state index is -0.308. The van der Waals surface area contributed by atoms with Gasteiger partial charge in [0.1, 0.15) is 0 Å². The Balaban J connectivity index is 0. The zero-order valence-electron chi connectivity index (χ0n) is 11.1. The fraction of sp³-hybridized carbons (Fsp3) is 0.462. The number of hydrogen-bond acceptors (Lipinski definition) is 3. The molecule has 0 unspecified atom stereocenters. The highest BCUT2D eigenvalue weighted by atomic mass is 16.5. The van der Waals surface area contributed by atoms with Crippen molar-refractivity contribution >= 4 is 11.7 Å². The summed E-state index contributed by atoms with van der Waals surface area (Å²) < 4.78 is 4.55. The van der Waals surface area contributed by atoms with Crippen LogP contribution in [0, 0.1) is 0 Å². The van der Waals surface area contributed by atoms with Gasteiger partial charge in [-0.1, -0.05) is 27.7 Å². The molecule has 3 nitrogen and oxygen atoms in total. The zero-order valence-corrected chi connectivity index (χ0v) is 11.1. The molecule has 0 radical (unpaired) electrons. The van der Waals surface area contributed by atoms with Crippen molar-refractivity contribution in [3.8, 4) is 0 Å².